The Balaban J connectivity index is 1.73. The Hall–Kier alpha value is -3.81. The van der Waals surface area contributed by atoms with Gasteiger partial charge in [-0.25, -0.2) is 9.78 Å². The zero-order valence-electron chi connectivity index (χ0n) is 16.6. The third kappa shape index (κ3) is 5.84. The molecule has 0 aliphatic heterocycles. The summed E-state index contributed by atoms with van der Waals surface area (Å²) in [5, 5.41) is 11.6. The summed E-state index contributed by atoms with van der Waals surface area (Å²) >= 11 is 0. The lowest BCUT2D eigenvalue weighted by Crippen LogP contribution is -2.14. The zero-order valence-corrected chi connectivity index (χ0v) is 16.6. The van der Waals surface area contributed by atoms with E-state index in [1.807, 2.05) is 19.9 Å². The molecule has 0 aliphatic rings. The van der Waals surface area contributed by atoms with Crippen LogP contribution in [0.5, 0.6) is 11.5 Å². The second kappa shape index (κ2) is 9.60. The lowest BCUT2D eigenvalue weighted by Gasteiger charge is -2.14. The minimum absolute atomic E-state index is 0.0358. The van der Waals surface area contributed by atoms with Crippen molar-refractivity contribution in [1.82, 2.24) is 4.98 Å². The predicted octanol–water partition coefficient (Wildman–Crippen LogP) is 4.03. The average molecular weight is 410 g/mol. The summed E-state index contributed by atoms with van der Waals surface area (Å²) in [4.78, 5) is 27.6. The van der Waals surface area contributed by atoms with Crippen molar-refractivity contribution >= 4 is 17.7 Å². The van der Waals surface area contributed by atoms with Gasteiger partial charge in [-0.05, 0) is 49.7 Å². The van der Waals surface area contributed by atoms with E-state index in [-0.39, 0.29) is 17.5 Å². The molecule has 0 unspecified atom stereocenters. The quantitative estimate of drug-likeness (QED) is 0.548. The van der Waals surface area contributed by atoms with E-state index >= 15 is 0 Å². The number of carboxylic acids is 1. The lowest BCUT2D eigenvalue weighted by atomic mass is 10.1. The van der Waals surface area contributed by atoms with Crippen LogP contribution in [0.3, 0.4) is 0 Å². The highest BCUT2D eigenvalue weighted by atomic mass is 16.5. The number of furan rings is 1. The molecule has 3 aromatic rings. The molecule has 1 aromatic carbocycles. The van der Waals surface area contributed by atoms with Gasteiger partial charge in [0.25, 0.3) is 5.91 Å². The van der Waals surface area contributed by atoms with Gasteiger partial charge in [-0.15, -0.1) is 0 Å². The van der Waals surface area contributed by atoms with Crippen molar-refractivity contribution in [2.45, 2.75) is 26.4 Å². The van der Waals surface area contributed by atoms with E-state index in [9.17, 15) is 9.59 Å². The number of nitrogens with zero attached hydrogens (tertiary/aromatic N) is 1. The predicted molar refractivity (Wildman–Crippen MR) is 109 cm³/mol. The molecule has 3 rings (SSSR count). The first kappa shape index (κ1) is 20.9. The smallest absolute Gasteiger partial charge is 0.337 e. The summed E-state index contributed by atoms with van der Waals surface area (Å²) < 4.78 is 16.6. The maximum absolute atomic E-state index is 12.7. The Morgan fingerprint density at radius 1 is 1.13 bits per heavy atom. The van der Waals surface area contributed by atoms with E-state index in [2.05, 4.69) is 10.3 Å². The van der Waals surface area contributed by atoms with E-state index in [1.165, 1.54) is 18.3 Å². The first-order valence-electron chi connectivity index (χ1n) is 9.37. The van der Waals surface area contributed by atoms with Crippen LogP contribution in [0.1, 0.15) is 40.1 Å². The standard InChI is InChI=1S/C22H22N2O6/c1-14(2)30-19-10-17(9-18(11-19)29-8-6-15-5-7-28-13-15)21(25)24-20-4-3-16(12-23-20)22(26)27/h3-5,7,9-14H,6,8H2,1-2H3,(H,26,27)(H,23,24,25). The maximum atomic E-state index is 12.7. The number of hydrogen-bond acceptors (Lipinski definition) is 6. The number of ether oxygens (including phenoxy) is 2. The first-order valence-corrected chi connectivity index (χ1v) is 9.37. The van der Waals surface area contributed by atoms with Gasteiger partial charge < -0.3 is 24.3 Å². The van der Waals surface area contributed by atoms with Gasteiger partial charge in [0.15, 0.2) is 0 Å². The molecule has 8 heteroatoms. The number of carbonyl (C=O) groups is 2. The first-order chi connectivity index (χ1) is 14.4. The number of anilines is 1. The van der Waals surface area contributed by atoms with Crippen LogP contribution in [0.4, 0.5) is 5.82 Å². The van der Waals surface area contributed by atoms with Crippen LogP contribution in [0.25, 0.3) is 0 Å². The molecule has 2 aromatic heterocycles. The molecule has 2 N–H and O–H groups in total. The van der Waals surface area contributed by atoms with E-state index in [0.29, 0.717) is 30.1 Å². The number of rotatable bonds is 9. The number of nitrogens with one attached hydrogen (secondary N) is 1. The highest BCUT2D eigenvalue weighted by Gasteiger charge is 2.13. The monoisotopic (exact) mass is 410 g/mol. The molecule has 156 valence electrons. The normalized spacial score (nSPS) is 10.6. The molecule has 0 aliphatic carbocycles. The van der Waals surface area contributed by atoms with Crippen molar-refractivity contribution in [3.05, 3.63) is 71.8 Å². The van der Waals surface area contributed by atoms with Gasteiger partial charge in [-0.3, -0.25) is 4.79 Å². The lowest BCUT2D eigenvalue weighted by molar-refractivity contribution is 0.0696. The Labute approximate surface area is 173 Å². The third-order valence-corrected chi connectivity index (χ3v) is 4.01. The van der Waals surface area contributed by atoms with Crippen molar-refractivity contribution < 1.29 is 28.6 Å². The summed E-state index contributed by atoms with van der Waals surface area (Å²) in [7, 11) is 0. The fourth-order valence-electron chi connectivity index (χ4n) is 2.63. The van der Waals surface area contributed by atoms with E-state index in [0.717, 1.165) is 5.56 Å². The number of pyridine rings is 1. The van der Waals surface area contributed by atoms with Crippen molar-refractivity contribution in [3.8, 4) is 11.5 Å². The Bertz CT molecular complexity index is 997. The number of carbonyl (C=O) groups excluding carboxylic acids is 1. The third-order valence-electron chi connectivity index (χ3n) is 4.01. The summed E-state index contributed by atoms with van der Waals surface area (Å²) in [5.74, 6) is -0.265. The molecular formula is C22H22N2O6. The van der Waals surface area contributed by atoms with E-state index in [1.54, 1.807) is 30.7 Å². The summed E-state index contributed by atoms with van der Waals surface area (Å²) in [6, 6.07) is 9.62. The van der Waals surface area contributed by atoms with Gasteiger partial charge >= 0.3 is 5.97 Å². The molecule has 0 spiro atoms. The Kier molecular flexibility index (Phi) is 6.69. The number of carboxylic acid groups (broad SMARTS) is 1. The Morgan fingerprint density at radius 3 is 2.57 bits per heavy atom. The molecule has 0 fully saturated rings. The van der Waals surface area contributed by atoms with Crippen LogP contribution in [-0.2, 0) is 6.42 Å². The second-order valence-electron chi connectivity index (χ2n) is 6.78. The number of hydrogen-bond donors (Lipinski definition) is 2. The van der Waals surface area contributed by atoms with Crippen molar-refractivity contribution in [2.75, 3.05) is 11.9 Å². The van der Waals surface area contributed by atoms with Crippen LogP contribution in [0, 0.1) is 0 Å². The largest absolute Gasteiger partial charge is 0.493 e. The van der Waals surface area contributed by atoms with Crippen molar-refractivity contribution in [2.24, 2.45) is 0 Å². The number of amides is 1. The minimum atomic E-state index is -1.09. The van der Waals surface area contributed by atoms with Gasteiger partial charge in [0.1, 0.15) is 17.3 Å². The van der Waals surface area contributed by atoms with Crippen LogP contribution in [0.15, 0.2) is 59.5 Å². The van der Waals surface area contributed by atoms with Crippen molar-refractivity contribution in [1.29, 1.82) is 0 Å². The summed E-state index contributed by atoms with van der Waals surface area (Å²) in [6.45, 7) is 4.18. The van der Waals surface area contributed by atoms with Crippen LogP contribution < -0.4 is 14.8 Å². The van der Waals surface area contributed by atoms with Gasteiger partial charge in [0.05, 0.1) is 30.8 Å². The molecule has 1 amide bonds. The molecule has 2 heterocycles. The molecule has 0 radical (unpaired) electrons. The maximum Gasteiger partial charge on any atom is 0.337 e. The average Bonchev–Trinajstić information content (AvgIpc) is 3.21. The fraction of sp³-hybridized carbons (Fsp3) is 0.227. The Morgan fingerprint density at radius 2 is 1.93 bits per heavy atom. The van der Waals surface area contributed by atoms with Crippen molar-refractivity contribution in [3.63, 3.8) is 0 Å². The number of benzene rings is 1. The highest BCUT2D eigenvalue weighted by Crippen LogP contribution is 2.25. The van der Waals surface area contributed by atoms with E-state index < -0.39 is 11.9 Å². The SMILES string of the molecule is CC(C)Oc1cc(OCCc2ccoc2)cc(C(=O)Nc2ccc(C(=O)O)cn2)c1. The highest BCUT2D eigenvalue weighted by molar-refractivity contribution is 6.04. The van der Waals surface area contributed by atoms with Gasteiger partial charge in [-0.1, -0.05) is 0 Å². The number of aromatic nitrogens is 1. The molecule has 8 nitrogen and oxygen atoms in total. The van der Waals surface area contributed by atoms with Gasteiger partial charge in [0.2, 0.25) is 0 Å². The molecule has 0 bridgehead atoms. The fourth-order valence-corrected chi connectivity index (χ4v) is 2.63. The van der Waals surface area contributed by atoms with Crippen LogP contribution in [-0.4, -0.2) is 34.7 Å². The summed E-state index contributed by atoms with van der Waals surface area (Å²) in [6.07, 6.45) is 5.02. The molecule has 30 heavy (non-hydrogen) atoms. The van der Waals surface area contributed by atoms with Crippen LogP contribution >= 0.6 is 0 Å². The number of aromatic carboxylic acids is 1. The topological polar surface area (TPSA) is 111 Å². The molecule has 0 saturated heterocycles. The van der Waals surface area contributed by atoms with Crippen LogP contribution in [0.2, 0.25) is 0 Å². The minimum Gasteiger partial charge on any atom is -0.493 e. The molecule has 0 saturated carbocycles. The van der Waals surface area contributed by atoms with Gasteiger partial charge in [0, 0.05) is 24.2 Å². The molecule has 0 atom stereocenters. The summed E-state index contributed by atoms with van der Waals surface area (Å²) in [5.41, 5.74) is 1.38. The van der Waals surface area contributed by atoms with Gasteiger partial charge in [-0.2, -0.15) is 0 Å². The second-order valence-corrected chi connectivity index (χ2v) is 6.78. The zero-order chi connectivity index (χ0) is 21.5. The molecular weight excluding hydrogens is 388 g/mol. The van der Waals surface area contributed by atoms with E-state index in [4.69, 9.17) is 19.0 Å².